The zero-order chi connectivity index (χ0) is 21.0. The number of hydrogen-bond donors (Lipinski definition) is 0. The number of fused-ring (bicyclic) bond motifs is 5. The van der Waals surface area contributed by atoms with Crippen LogP contribution in [-0.2, 0) is 4.79 Å². The molecular weight excluding hydrogens is 352 g/mol. The van der Waals surface area contributed by atoms with Crippen LogP contribution in [0.2, 0.25) is 0 Å². The molecule has 9 atom stereocenters. The summed E-state index contributed by atoms with van der Waals surface area (Å²) in [6, 6.07) is 0. The summed E-state index contributed by atoms with van der Waals surface area (Å²) < 4.78 is 0. The van der Waals surface area contributed by atoms with Crippen molar-refractivity contribution in [3.05, 3.63) is 0 Å². The fraction of sp³-hybridized carbons (Fsp3) is 0.964. The maximum atomic E-state index is 12.4. The monoisotopic (exact) mass is 400 g/mol. The van der Waals surface area contributed by atoms with Gasteiger partial charge in [0.05, 0.1) is 0 Å². The molecule has 0 aromatic rings. The molecule has 4 aliphatic rings. The van der Waals surface area contributed by atoms with Gasteiger partial charge in [-0.2, -0.15) is 0 Å². The van der Waals surface area contributed by atoms with Crippen molar-refractivity contribution < 1.29 is 4.79 Å². The maximum absolute atomic E-state index is 12.4. The second kappa shape index (κ2) is 7.98. The summed E-state index contributed by atoms with van der Waals surface area (Å²) in [5, 5.41) is 0. The third kappa shape index (κ3) is 3.65. The van der Waals surface area contributed by atoms with E-state index in [1.807, 2.05) is 0 Å². The molecule has 0 spiro atoms. The first-order chi connectivity index (χ1) is 13.7. The van der Waals surface area contributed by atoms with Crippen LogP contribution in [0.25, 0.3) is 0 Å². The normalized spacial score (nSPS) is 48.2. The van der Waals surface area contributed by atoms with Gasteiger partial charge in [0.25, 0.3) is 0 Å². The zero-order valence-electron chi connectivity index (χ0n) is 20.3. The van der Waals surface area contributed by atoms with E-state index >= 15 is 0 Å². The van der Waals surface area contributed by atoms with Crippen LogP contribution in [0.5, 0.6) is 0 Å². The Morgan fingerprint density at radius 3 is 2.38 bits per heavy atom. The molecule has 0 bridgehead atoms. The predicted molar refractivity (Wildman–Crippen MR) is 123 cm³/mol. The molecule has 0 aliphatic heterocycles. The molecule has 1 unspecified atom stereocenters. The first kappa shape index (κ1) is 21.9. The van der Waals surface area contributed by atoms with Crippen molar-refractivity contribution in [2.24, 2.45) is 58.2 Å². The van der Waals surface area contributed by atoms with E-state index in [9.17, 15) is 4.79 Å². The van der Waals surface area contributed by atoms with Crippen LogP contribution in [0.3, 0.4) is 0 Å². The first-order valence-electron chi connectivity index (χ1n) is 13.2. The van der Waals surface area contributed by atoms with E-state index in [1.54, 1.807) is 0 Å². The Hall–Kier alpha value is -0.330. The van der Waals surface area contributed by atoms with Gasteiger partial charge < -0.3 is 0 Å². The fourth-order valence-electron chi connectivity index (χ4n) is 9.43. The molecule has 0 amide bonds. The first-order valence-corrected chi connectivity index (χ1v) is 13.2. The maximum Gasteiger partial charge on any atom is 0.136 e. The van der Waals surface area contributed by atoms with Gasteiger partial charge in [0.1, 0.15) is 5.78 Å². The van der Waals surface area contributed by atoms with Crippen LogP contribution in [0.15, 0.2) is 0 Å². The number of Topliss-reactive ketones (excluding diaryl/α,β-unsaturated/α-hetero) is 1. The SMILES string of the molecule is CC(C)CCC[C@@H](C)[C@H]1CC[C@H]2[C@@H]3CCC4CC(=O)[C@H](C)C[C@]4(C)[C@H]3CC[C@]12C. The van der Waals surface area contributed by atoms with Crippen molar-refractivity contribution in [3.63, 3.8) is 0 Å². The summed E-state index contributed by atoms with van der Waals surface area (Å²) in [7, 11) is 0. The van der Waals surface area contributed by atoms with Crippen LogP contribution in [0, 0.1) is 58.2 Å². The Balaban J connectivity index is 1.48. The van der Waals surface area contributed by atoms with Crippen molar-refractivity contribution >= 4 is 5.78 Å². The van der Waals surface area contributed by atoms with Gasteiger partial charge in [-0.1, -0.05) is 60.8 Å². The third-order valence-electron chi connectivity index (χ3n) is 11.0. The van der Waals surface area contributed by atoms with E-state index in [0.717, 1.165) is 41.9 Å². The Labute approximate surface area is 181 Å². The summed E-state index contributed by atoms with van der Waals surface area (Å²) in [6.07, 6.45) is 15.0. The highest BCUT2D eigenvalue weighted by atomic mass is 16.1. The lowest BCUT2D eigenvalue weighted by molar-refractivity contribution is -0.147. The third-order valence-corrected chi connectivity index (χ3v) is 11.0. The van der Waals surface area contributed by atoms with Crippen LogP contribution >= 0.6 is 0 Å². The zero-order valence-corrected chi connectivity index (χ0v) is 20.3. The smallest absolute Gasteiger partial charge is 0.136 e. The molecule has 0 N–H and O–H groups in total. The van der Waals surface area contributed by atoms with Crippen LogP contribution in [0.1, 0.15) is 112 Å². The van der Waals surface area contributed by atoms with E-state index in [4.69, 9.17) is 0 Å². The fourth-order valence-corrected chi connectivity index (χ4v) is 9.43. The summed E-state index contributed by atoms with van der Waals surface area (Å²) in [4.78, 5) is 12.4. The highest BCUT2D eigenvalue weighted by Gasteiger charge is 2.61. The van der Waals surface area contributed by atoms with Crippen molar-refractivity contribution in [1.29, 1.82) is 0 Å². The predicted octanol–water partition coefficient (Wildman–Crippen LogP) is 7.92. The Morgan fingerprint density at radius 2 is 1.66 bits per heavy atom. The molecule has 4 saturated carbocycles. The minimum atomic E-state index is 0.306. The van der Waals surface area contributed by atoms with Gasteiger partial charge in [-0.05, 0) is 97.2 Å². The molecule has 0 heterocycles. The molecule has 166 valence electrons. The molecule has 4 fully saturated rings. The number of rotatable bonds is 5. The Kier molecular flexibility index (Phi) is 6.02. The van der Waals surface area contributed by atoms with E-state index in [1.165, 1.54) is 64.2 Å². The highest BCUT2D eigenvalue weighted by Crippen LogP contribution is 2.68. The topological polar surface area (TPSA) is 17.1 Å². The lowest BCUT2D eigenvalue weighted by atomic mass is 9.43. The van der Waals surface area contributed by atoms with Gasteiger partial charge in [-0.3, -0.25) is 4.79 Å². The molecule has 0 aromatic heterocycles. The number of carbonyl (C=O) groups is 1. The molecule has 1 heteroatoms. The molecule has 29 heavy (non-hydrogen) atoms. The van der Waals surface area contributed by atoms with Crippen molar-refractivity contribution in [2.75, 3.05) is 0 Å². The molecule has 0 radical (unpaired) electrons. The van der Waals surface area contributed by atoms with Crippen molar-refractivity contribution in [1.82, 2.24) is 0 Å². The van der Waals surface area contributed by atoms with Gasteiger partial charge in [-0.15, -0.1) is 0 Å². The van der Waals surface area contributed by atoms with E-state index in [-0.39, 0.29) is 0 Å². The molecule has 4 rings (SSSR count). The molecular formula is C28H48O. The molecule has 4 aliphatic carbocycles. The lowest BCUT2D eigenvalue weighted by Crippen LogP contribution is -2.55. The van der Waals surface area contributed by atoms with Gasteiger partial charge in [0.2, 0.25) is 0 Å². The summed E-state index contributed by atoms with van der Waals surface area (Å²) in [5.74, 6) is 7.06. The Morgan fingerprint density at radius 1 is 0.931 bits per heavy atom. The summed E-state index contributed by atoms with van der Waals surface area (Å²) >= 11 is 0. The quantitative estimate of drug-likeness (QED) is 0.458. The second-order valence-corrected chi connectivity index (χ2v) is 13.0. The van der Waals surface area contributed by atoms with Crippen LogP contribution in [-0.4, -0.2) is 5.78 Å². The van der Waals surface area contributed by atoms with Gasteiger partial charge in [0, 0.05) is 12.3 Å². The van der Waals surface area contributed by atoms with Crippen molar-refractivity contribution in [2.45, 2.75) is 112 Å². The average Bonchev–Trinajstić information content (AvgIpc) is 3.00. The largest absolute Gasteiger partial charge is 0.299 e. The van der Waals surface area contributed by atoms with Crippen LogP contribution in [0.4, 0.5) is 0 Å². The minimum Gasteiger partial charge on any atom is -0.299 e. The minimum absolute atomic E-state index is 0.306. The number of carbonyl (C=O) groups excluding carboxylic acids is 1. The van der Waals surface area contributed by atoms with E-state index < -0.39 is 0 Å². The summed E-state index contributed by atoms with van der Waals surface area (Å²) in [5.41, 5.74) is 1.04. The van der Waals surface area contributed by atoms with E-state index in [0.29, 0.717) is 28.4 Å². The molecule has 0 aromatic carbocycles. The molecule has 0 saturated heterocycles. The second-order valence-electron chi connectivity index (χ2n) is 13.0. The van der Waals surface area contributed by atoms with Crippen molar-refractivity contribution in [3.8, 4) is 0 Å². The van der Waals surface area contributed by atoms with Gasteiger partial charge >= 0.3 is 0 Å². The van der Waals surface area contributed by atoms with Gasteiger partial charge in [-0.25, -0.2) is 0 Å². The average molecular weight is 401 g/mol. The van der Waals surface area contributed by atoms with E-state index in [2.05, 4.69) is 41.5 Å². The highest BCUT2D eigenvalue weighted by molar-refractivity contribution is 5.82. The molecule has 1 nitrogen and oxygen atoms in total. The van der Waals surface area contributed by atoms with Crippen LogP contribution < -0.4 is 0 Å². The number of hydrogen-bond acceptors (Lipinski definition) is 1. The lowest BCUT2D eigenvalue weighted by Gasteiger charge is -2.61. The van der Waals surface area contributed by atoms with Gasteiger partial charge in [0.15, 0.2) is 0 Å². The Bertz CT molecular complexity index is 607. The standard InChI is InChI=1S/C28H48O/c1-18(2)8-7-9-19(3)23-12-13-24-22-11-10-21-16-26(29)20(4)17-28(21,6)25(22)14-15-27(23,24)5/h18-25H,7-17H2,1-6H3/t19-,20-,21?,22+,23-,24+,25+,27-,28+/m1/s1. The summed E-state index contributed by atoms with van der Waals surface area (Å²) in [6.45, 7) is 14.8. The number of ketones is 1.